The van der Waals surface area contributed by atoms with Crippen LogP contribution in [0.3, 0.4) is 0 Å². The molecule has 0 radical (unpaired) electrons. The minimum Gasteiger partial charge on any atom is -0.165 e. The molecule has 0 fully saturated rings. The molecule has 1 aliphatic carbocycles. The lowest BCUT2D eigenvalue weighted by molar-refractivity contribution is 0.837. The molecule has 2 heteroatoms. The molecule has 0 amide bonds. The van der Waals surface area contributed by atoms with Gasteiger partial charge in [0.25, 0.3) is 0 Å². The molecule has 0 aromatic carbocycles. The normalized spacial score (nSPS) is 23.8. The highest BCUT2D eigenvalue weighted by atomic mass is 35.5. The number of rotatable bonds is 4. The van der Waals surface area contributed by atoms with Gasteiger partial charge in [0.1, 0.15) is 0 Å². The SMILES string of the molecule is CSCCCC1=CC(Cl)CC1. The monoisotopic (exact) mass is 190 g/mol. The van der Waals surface area contributed by atoms with E-state index in [2.05, 4.69) is 12.3 Å². The van der Waals surface area contributed by atoms with Gasteiger partial charge < -0.3 is 0 Å². The van der Waals surface area contributed by atoms with Gasteiger partial charge in [-0.2, -0.15) is 11.8 Å². The van der Waals surface area contributed by atoms with Crippen LogP contribution in [-0.4, -0.2) is 17.4 Å². The van der Waals surface area contributed by atoms with Gasteiger partial charge in [0.2, 0.25) is 0 Å². The summed E-state index contributed by atoms with van der Waals surface area (Å²) in [5, 5.41) is 0.333. The molecule has 1 aliphatic rings. The van der Waals surface area contributed by atoms with Crippen LogP contribution in [0, 0.1) is 0 Å². The summed E-state index contributed by atoms with van der Waals surface area (Å²) in [4.78, 5) is 0. The third-order valence-corrected chi connectivity index (χ3v) is 3.05. The molecular formula is C9H15ClS. The van der Waals surface area contributed by atoms with E-state index in [4.69, 9.17) is 11.6 Å². The largest absolute Gasteiger partial charge is 0.165 e. The van der Waals surface area contributed by atoms with Crippen LogP contribution < -0.4 is 0 Å². The van der Waals surface area contributed by atoms with E-state index >= 15 is 0 Å². The van der Waals surface area contributed by atoms with Gasteiger partial charge in [0.15, 0.2) is 0 Å². The average molecular weight is 191 g/mol. The van der Waals surface area contributed by atoms with E-state index in [0.717, 1.165) is 6.42 Å². The Kier molecular flexibility index (Phi) is 4.39. The highest BCUT2D eigenvalue weighted by Crippen LogP contribution is 2.26. The fraction of sp³-hybridized carbons (Fsp3) is 0.778. The Balaban J connectivity index is 2.12. The molecule has 0 nitrogen and oxygen atoms in total. The van der Waals surface area contributed by atoms with Gasteiger partial charge in [0.05, 0.1) is 5.38 Å². The predicted octanol–water partition coefficient (Wildman–Crippen LogP) is 3.46. The van der Waals surface area contributed by atoms with Crippen molar-refractivity contribution in [3.8, 4) is 0 Å². The van der Waals surface area contributed by atoms with Gasteiger partial charge in [-0.1, -0.05) is 11.6 Å². The molecule has 0 spiro atoms. The molecule has 0 saturated heterocycles. The van der Waals surface area contributed by atoms with Crippen molar-refractivity contribution in [2.75, 3.05) is 12.0 Å². The first-order valence-corrected chi connectivity index (χ1v) is 5.98. The van der Waals surface area contributed by atoms with E-state index in [9.17, 15) is 0 Å². The van der Waals surface area contributed by atoms with Crippen LogP contribution in [0.4, 0.5) is 0 Å². The first-order chi connectivity index (χ1) is 5.33. The quantitative estimate of drug-likeness (QED) is 0.372. The molecular weight excluding hydrogens is 176 g/mol. The van der Waals surface area contributed by atoms with Crippen LogP contribution in [-0.2, 0) is 0 Å². The summed E-state index contributed by atoms with van der Waals surface area (Å²) in [6.45, 7) is 0. The third kappa shape index (κ3) is 3.53. The Morgan fingerprint density at radius 1 is 1.73 bits per heavy atom. The molecule has 1 unspecified atom stereocenters. The molecule has 0 bridgehead atoms. The second-order valence-corrected chi connectivity index (χ2v) is 4.52. The number of alkyl halides is 1. The summed E-state index contributed by atoms with van der Waals surface area (Å²) in [5.41, 5.74) is 1.58. The lowest BCUT2D eigenvalue weighted by Crippen LogP contribution is -1.81. The van der Waals surface area contributed by atoms with Crippen molar-refractivity contribution in [1.82, 2.24) is 0 Å². The maximum absolute atomic E-state index is 5.94. The Morgan fingerprint density at radius 3 is 3.09 bits per heavy atom. The Morgan fingerprint density at radius 2 is 2.55 bits per heavy atom. The van der Waals surface area contributed by atoms with Crippen molar-refractivity contribution in [2.24, 2.45) is 0 Å². The minimum atomic E-state index is 0.333. The van der Waals surface area contributed by atoms with Crippen molar-refractivity contribution in [3.05, 3.63) is 11.6 Å². The molecule has 0 heterocycles. The van der Waals surface area contributed by atoms with Crippen LogP contribution in [0.15, 0.2) is 11.6 Å². The van der Waals surface area contributed by atoms with E-state index in [1.165, 1.54) is 25.0 Å². The molecule has 0 aliphatic heterocycles. The van der Waals surface area contributed by atoms with Crippen molar-refractivity contribution in [3.63, 3.8) is 0 Å². The maximum Gasteiger partial charge on any atom is 0.0521 e. The lowest BCUT2D eigenvalue weighted by Gasteiger charge is -1.98. The molecule has 0 aromatic rings. The highest BCUT2D eigenvalue weighted by Gasteiger charge is 2.11. The maximum atomic E-state index is 5.94. The number of hydrogen-bond donors (Lipinski definition) is 0. The van der Waals surface area contributed by atoms with E-state index in [-0.39, 0.29) is 0 Å². The van der Waals surface area contributed by atoms with Crippen LogP contribution >= 0.6 is 23.4 Å². The Labute approximate surface area is 78.4 Å². The molecule has 11 heavy (non-hydrogen) atoms. The Bertz CT molecular complexity index is 142. The number of hydrogen-bond acceptors (Lipinski definition) is 1. The van der Waals surface area contributed by atoms with Crippen molar-refractivity contribution in [1.29, 1.82) is 0 Å². The average Bonchev–Trinajstić information content (AvgIpc) is 2.37. The third-order valence-electron chi connectivity index (χ3n) is 2.00. The topological polar surface area (TPSA) is 0 Å². The van der Waals surface area contributed by atoms with E-state index in [1.807, 2.05) is 11.8 Å². The first kappa shape index (κ1) is 9.47. The van der Waals surface area contributed by atoms with Crippen LogP contribution in [0.25, 0.3) is 0 Å². The zero-order valence-electron chi connectivity index (χ0n) is 6.98. The van der Waals surface area contributed by atoms with Gasteiger partial charge in [-0.3, -0.25) is 0 Å². The van der Waals surface area contributed by atoms with E-state index in [0.29, 0.717) is 5.38 Å². The van der Waals surface area contributed by atoms with E-state index < -0.39 is 0 Å². The summed E-state index contributed by atoms with van der Waals surface area (Å²) in [6.07, 6.45) is 9.38. The fourth-order valence-electron chi connectivity index (χ4n) is 1.40. The molecule has 0 N–H and O–H groups in total. The van der Waals surface area contributed by atoms with Crippen LogP contribution in [0.5, 0.6) is 0 Å². The molecule has 0 saturated carbocycles. The minimum absolute atomic E-state index is 0.333. The lowest BCUT2D eigenvalue weighted by atomic mass is 10.1. The van der Waals surface area contributed by atoms with Gasteiger partial charge in [-0.05, 0) is 37.7 Å². The number of halogens is 1. The predicted molar refractivity (Wildman–Crippen MR) is 54.6 cm³/mol. The summed E-state index contributed by atoms with van der Waals surface area (Å²) in [6, 6.07) is 0. The number of thioether (sulfide) groups is 1. The smallest absolute Gasteiger partial charge is 0.0521 e. The highest BCUT2D eigenvalue weighted by molar-refractivity contribution is 7.98. The fourth-order valence-corrected chi connectivity index (χ4v) is 2.12. The standard InChI is InChI=1S/C9H15ClS/c1-11-6-2-3-8-4-5-9(10)7-8/h7,9H,2-6H2,1H3. The van der Waals surface area contributed by atoms with Gasteiger partial charge in [-0.15, -0.1) is 11.6 Å². The van der Waals surface area contributed by atoms with Gasteiger partial charge in [0, 0.05) is 0 Å². The second-order valence-electron chi connectivity index (χ2n) is 2.98. The zero-order chi connectivity index (χ0) is 8.10. The zero-order valence-corrected chi connectivity index (χ0v) is 8.55. The van der Waals surface area contributed by atoms with Crippen molar-refractivity contribution in [2.45, 2.75) is 31.1 Å². The first-order valence-electron chi connectivity index (χ1n) is 4.15. The molecule has 1 rings (SSSR count). The van der Waals surface area contributed by atoms with Crippen molar-refractivity contribution >= 4 is 23.4 Å². The number of allylic oxidation sites excluding steroid dienone is 2. The molecule has 1 atom stereocenters. The van der Waals surface area contributed by atoms with E-state index in [1.54, 1.807) is 5.57 Å². The summed E-state index contributed by atoms with van der Waals surface area (Å²) >= 11 is 7.86. The second kappa shape index (κ2) is 5.10. The van der Waals surface area contributed by atoms with Gasteiger partial charge >= 0.3 is 0 Å². The summed E-state index contributed by atoms with van der Waals surface area (Å²) in [5.74, 6) is 1.28. The Hall–Kier alpha value is 0.380. The van der Waals surface area contributed by atoms with Crippen molar-refractivity contribution < 1.29 is 0 Å². The van der Waals surface area contributed by atoms with Crippen LogP contribution in [0.2, 0.25) is 0 Å². The summed E-state index contributed by atoms with van der Waals surface area (Å²) < 4.78 is 0. The molecule has 64 valence electrons. The molecule has 0 aromatic heterocycles. The summed E-state index contributed by atoms with van der Waals surface area (Å²) in [7, 11) is 0. The van der Waals surface area contributed by atoms with Crippen LogP contribution in [0.1, 0.15) is 25.7 Å². The van der Waals surface area contributed by atoms with Gasteiger partial charge in [-0.25, -0.2) is 0 Å².